The van der Waals surface area contributed by atoms with Crippen LogP contribution in [0.25, 0.3) is 21.7 Å². The fourth-order valence-electron chi connectivity index (χ4n) is 1.77. The lowest BCUT2D eigenvalue weighted by molar-refractivity contribution is 0.944. The van der Waals surface area contributed by atoms with E-state index in [-0.39, 0.29) is 0 Å². The molecule has 2 aromatic heterocycles. The normalized spacial score (nSPS) is 10.6. The summed E-state index contributed by atoms with van der Waals surface area (Å²) in [5.74, 6) is 0. The molecular formula is C13H6BrClN4. The van der Waals surface area contributed by atoms with Gasteiger partial charge in [0.25, 0.3) is 0 Å². The minimum absolute atomic E-state index is 0.495. The largest absolute Gasteiger partial charge is 0.238 e. The number of fused-ring (bicyclic) bond motifs is 1. The molecule has 92 valence electrons. The summed E-state index contributed by atoms with van der Waals surface area (Å²) in [4.78, 5) is 7.61. The average molecular weight is 334 g/mol. The van der Waals surface area contributed by atoms with Crippen molar-refractivity contribution in [3.05, 3.63) is 57.6 Å². The van der Waals surface area contributed by atoms with Crippen LogP contribution < -0.4 is 0 Å². The zero-order valence-electron chi connectivity index (χ0n) is 9.51. The van der Waals surface area contributed by atoms with Crippen LogP contribution >= 0.6 is 27.5 Å². The highest BCUT2D eigenvalue weighted by Crippen LogP contribution is 2.32. The SMILES string of the molecule is [C-]#[N+]c1ccc(-c2nn3c(Cl)ccnc3c2Br)cc1. The molecule has 0 spiro atoms. The summed E-state index contributed by atoms with van der Waals surface area (Å²) in [5, 5.41) is 4.93. The van der Waals surface area contributed by atoms with Gasteiger partial charge >= 0.3 is 0 Å². The van der Waals surface area contributed by atoms with Gasteiger partial charge in [0, 0.05) is 11.8 Å². The van der Waals surface area contributed by atoms with Crippen LogP contribution in [0, 0.1) is 6.57 Å². The molecule has 0 saturated heterocycles. The Hall–Kier alpha value is -1.90. The second-order valence-corrected chi connectivity index (χ2v) is 5.00. The summed E-state index contributed by atoms with van der Waals surface area (Å²) in [6.07, 6.45) is 1.63. The second kappa shape index (κ2) is 4.65. The van der Waals surface area contributed by atoms with E-state index in [0.717, 1.165) is 15.7 Å². The fourth-order valence-corrected chi connectivity index (χ4v) is 2.52. The highest BCUT2D eigenvalue weighted by molar-refractivity contribution is 9.10. The molecule has 19 heavy (non-hydrogen) atoms. The molecular weight excluding hydrogens is 328 g/mol. The fraction of sp³-hybridized carbons (Fsp3) is 0. The van der Waals surface area contributed by atoms with Crippen LogP contribution in [0.15, 0.2) is 41.0 Å². The maximum Gasteiger partial charge on any atom is 0.187 e. The van der Waals surface area contributed by atoms with Crippen molar-refractivity contribution in [1.29, 1.82) is 0 Å². The predicted octanol–water partition coefficient (Wildman–Crippen LogP) is 4.36. The van der Waals surface area contributed by atoms with E-state index in [1.807, 2.05) is 12.1 Å². The molecule has 0 aliphatic heterocycles. The maximum atomic E-state index is 6.95. The lowest BCUT2D eigenvalue weighted by Crippen LogP contribution is -1.90. The molecule has 3 aromatic rings. The van der Waals surface area contributed by atoms with Gasteiger partial charge in [0.15, 0.2) is 11.3 Å². The third-order valence-corrected chi connectivity index (χ3v) is 3.70. The van der Waals surface area contributed by atoms with Gasteiger partial charge in [-0.3, -0.25) is 0 Å². The van der Waals surface area contributed by atoms with E-state index in [2.05, 4.69) is 30.9 Å². The van der Waals surface area contributed by atoms with Gasteiger partial charge in [-0.1, -0.05) is 35.9 Å². The van der Waals surface area contributed by atoms with Crippen molar-refractivity contribution in [2.24, 2.45) is 0 Å². The number of benzene rings is 1. The Morgan fingerprint density at radius 2 is 1.95 bits per heavy atom. The first-order chi connectivity index (χ1) is 9.20. The van der Waals surface area contributed by atoms with Crippen LogP contribution in [-0.4, -0.2) is 14.6 Å². The van der Waals surface area contributed by atoms with Crippen molar-refractivity contribution in [3.63, 3.8) is 0 Å². The van der Waals surface area contributed by atoms with Crippen molar-refractivity contribution in [3.8, 4) is 11.3 Å². The number of aromatic nitrogens is 3. The Bertz CT molecular complexity index is 802. The molecule has 0 aliphatic rings. The van der Waals surface area contributed by atoms with Crippen molar-refractivity contribution in [2.45, 2.75) is 0 Å². The average Bonchev–Trinajstić information content (AvgIpc) is 2.78. The molecule has 0 bridgehead atoms. The highest BCUT2D eigenvalue weighted by atomic mass is 79.9. The minimum atomic E-state index is 0.495. The van der Waals surface area contributed by atoms with Gasteiger partial charge in [0.05, 0.1) is 11.0 Å². The lowest BCUT2D eigenvalue weighted by Gasteiger charge is -1.97. The van der Waals surface area contributed by atoms with Gasteiger partial charge < -0.3 is 0 Å². The van der Waals surface area contributed by atoms with E-state index in [0.29, 0.717) is 16.5 Å². The van der Waals surface area contributed by atoms with E-state index in [1.165, 1.54) is 0 Å². The quantitative estimate of drug-likeness (QED) is 0.490. The Kier molecular flexibility index (Phi) is 2.97. The number of halogens is 2. The maximum absolute atomic E-state index is 6.95. The number of hydrogen-bond donors (Lipinski definition) is 0. The smallest absolute Gasteiger partial charge is 0.187 e. The zero-order valence-corrected chi connectivity index (χ0v) is 11.9. The minimum Gasteiger partial charge on any atom is -0.238 e. The molecule has 0 unspecified atom stereocenters. The van der Waals surface area contributed by atoms with Gasteiger partial charge in [-0.25, -0.2) is 14.3 Å². The van der Waals surface area contributed by atoms with Crippen molar-refractivity contribution in [1.82, 2.24) is 14.6 Å². The molecule has 6 heteroatoms. The number of rotatable bonds is 1. The molecule has 2 heterocycles. The molecule has 0 atom stereocenters. The number of hydrogen-bond acceptors (Lipinski definition) is 2. The summed E-state index contributed by atoms with van der Waals surface area (Å²) in [6, 6.07) is 8.91. The summed E-state index contributed by atoms with van der Waals surface area (Å²) in [6.45, 7) is 6.95. The summed E-state index contributed by atoms with van der Waals surface area (Å²) >= 11 is 9.57. The van der Waals surface area contributed by atoms with Crippen LogP contribution in [-0.2, 0) is 0 Å². The summed E-state index contributed by atoms with van der Waals surface area (Å²) in [7, 11) is 0. The Morgan fingerprint density at radius 1 is 1.21 bits per heavy atom. The zero-order chi connectivity index (χ0) is 13.4. The van der Waals surface area contributed by atoms with E-state index >= 15 is 0 Å². The summed E-state index contributed by atoms with van der Waals surface area (Å²) in [5.41, 5.74) is 2.91. The van der Waals surface area contributed by atoms with E-state index in [4.69, 9.17) is 18.2 Å². The monoisotopic (exact) mass is 332 g/mol. The molecule has 0 aliphatic carbocycles. The second-order valence-electron chi connectivity index (χ2n) is 3.82. The first-order valence-corrected chi connectivity index (χ1v) is 6.54. The van der Waals surface area contributed by atoms with E-state index < -0.39 is 0 Å². The standard InChI is InChI=1S/C13H6BrClN4/c1-16-9-4-2-8(3-5-9)12-11(14)13-17-7-6-10(15)19(13)18-12/h2-7H. The van der Waals surface area contributed by atoms with Gasteiger partial charge in [0.2, 0.25) is 0 Å². The molecule has 1 aromatic carbocycles. The third-order valence-electron chi connectivity index (χ3n) is 2.69. The van der Waals surface area contributed by atoms with Crippen molar-refractivity contribution in [2.75, 3.05) is 0 Å². The molecule has 3 rings (SSSR count). The van der Waals surface area contributed by atoms with Crippen molar-refractivity contribution >= 4 is 38.9 Å². The predicted molar refractivity (Wildman–Crippen MR) is 77.4 cm³/mol. The van der Waals surface area contributed by atoms with Crippen LogP contribution in [0.3, 0.4) is 0 Å². The first kappa shape index (κ1) is 12.2. The molecule has 0 radical (unpaired) electrons. The molecule has 4 nitrogen and oxygen atoms in total. The summed E-state index contributed by atoms with van der Waals surface area (Å²) < 4.78 is 2.36. The number of nitrogens with zero attached hydrogens (tertiary/aromatic N) is 4. The van der Waals surface area contributed by atoms with E-state index in [1.54, 1.807) is 28.9 Å². The van der Waals surface area contributed by atoms with Crippen LogP contribution in [0.1, 0.15) is 0 Å². The van der Waals surface area contributed by atoms with Gasteiger partial charge in [-0.2, -0.15) is 5.10 Å². The van der Waals surface area contributed by atoms with Gasteiger partial charge in [-0.05, 0) is 22.0 Å². The molecule has 0 N–H and O–H groups in total. The Labute approximate surface area is 122 Å². The first-order valence-electron chi connectivity index (χ1n) is 5.37. The molecule has 0 fully saturated rings. The van der Waals surface area contributed by atoms with Crippen LogP contribution in [0.5, 0.6) is 0 Å². The Morgan fingerprint density at radius 3 is 2.58 bits per heavy atom. The molecule has 0 saturated carbocycles. The van der Waals surface area contributed by atoms with Gasteiger partial charge in [-0.15, -0.1) is 0 Å². The van der Waals surface area contributed by atoms with E-state index in [9.17, 15) is 0 Å². The topological polar surface area (TPSA) is 34.5 Å². The molecule has 0 amide bonds. The van der Waals surface area contributed by atoms with Crippen molar-refractivity contribution < 1.29 is 0 Å². The lowest BCUT2D eigenvalue weighted by atomic mass is 10.1. The highest BCUT2D eigenvalue weighted by Gasteiger charge is 2.14. The van der Waals surface area contributed by atoms with Crippen LogP contribution in [0.2, 0.25) is 5.15 Å². The third kappa shape index (κ3) is 1.99. The van der Waals surface area contributed by atoms with Crippen LogP contribution in [0.4, 0.5) is 5.69 Å². The Balaban J connectivity index is 2.22. The van der Waals surface area contributed by atoms with Gasteiger partial charge in [0.1, 0.15) is 10.8 Å².